The van der Waals surface area contributed by atoms with E-state index in [4.69, 9.17) is 14.2 Å². The first-order valence-corrected chi connectivity index (χ1v) is 27.7. The molecule has 1 saturated heterocycles. The van der Waals surface area contributed by atoms with Crippen molar-refractivity contribution in [3.8, 4) is 0 Å². The van der Waals surface area contributed by atoms with E-state index in [0.717, 1.165) is 19.4 Å². The lowest BCUT2D eigenvalue weighted by Crippen LogP contribution is -2.21. The number of esters is 2. The molecule has 0 N–H and O–H groups in total. The molecule has 6 heteroatoms. The van der Waals surface area contributed by atoms with E-state index >= 15 is 0 Å². The van der Waals surface area contributed by atoms with Gasteiger partial charge in [-0.2, -0.15) is 0 Å². The van der Waals surface area contributed by atoms with Crippen LogP contribution in [0.1, 0.15) is 285 Å². The summed E-state index contributed by atoms with van der Waals surface area (Å²) in [6, 6.07) is 0. The summed E-state index contributed by atoms with van der Waals surface area (Å²) in [5.41, 5.74) is 0. The summed E-state index contributed by atoms with van der Waals surface area (Å²) >= 11 is 0. The fourth-order valence-corrected chi connectivity index (χ4v) is 9.46. The molecule has 0 aromatic carbocycles. The molecule has 0 amide bonds. The average molecular weight is 862 g/mol. The van der Waals surface area contributed by atoms with E-state index in [1.54, 1.807) is 0 Å². The van der Waals surface area contributed by atoms with Gasteiger partial charge in [0, 0.05) is 19.4 Å². The van der Waals surface area contributed by atoms with Crippen LogP contribution in [0.3, 0.4) is 0 Å². The van der Waals surface area contributed by atoms with Gasteiger partial charge in [0.1, 0.15) is 0 Å². The van der Waals surface area contributed by atoms with E-state index in [0.29, 0.717) is 44.0 Å². The second-order valence-corrected chi connectivity index (χ2v) is 19.5. The largest absolute Gasteiger partial charge is 0.466 e. The predicted molar refractivity (Wildman–Crippen MR) is 262 cm³/mol. The SMILES string of the molecule is CCCCCC(CCCCC)CC(=O)OCCCCCCCCCCC(CCCCCCCCCCOC(=O)CC(CCCCC)CCCCC)OCCCCN1CCCC1. The number of ether oxygens (including phenoxy) is 3. The fourth-order valence-electron chi connectivity index (χ4n) is 9.46. The van der Waals surface area contributed by atoms with Crippen molar-refractivity contribution >= 4 is 11.9 Å². The van der Waals surface area contributed by atoms with E-state index in [2.05, 4.69) is 32.6 Å². The molecule has 0 bridgehead atoms. The Hall–Kier alpha value is -1.14. The second kappa shape index (κ2) is 45.4. The molecule has 0 aliphatic carbocycles. The fraction of sp³-hybridized carbons (Fsp3) is 0.964. The molecule has 0 spiro atoms. The maximum Gasteiger partial charge on any atom is 0.306 e. The highest BCUT2D eigenvalue weighted by atomic mass is 16.5. The number of likely N-dealkylation sites (tertiary alicyclic amines) is 1. The highest BCUT2D eigenvalue weighted by Gasteiger charge is 2.17. The highest BCUT2D eigenvalue weighted by Crippen LogP contribution is 2.24. The van der Waals surface area contributed by atoms with Crippen LogP contribution in [0.5, 0.6) is 0 Å². The molecule has 6 nitrogen and oxygen atoms in total. The topological polar surface area (TPSA) is 65.1 Å². The van der Waals surface area contributed by atoms with Gasteiger partial charge in [-0.15, -0.1) is 0 Å². The first kappa shape index (κ1) is 57.9. The van der Waals surface area contributed by atoms with Crippen LogP contribution in [0.15, 0.2) is 0 Å². The van der Waals surface area contributed by atoms with Crippen molar-refractivity contribution in [2.24, 2.45) is 11.8 Å². The van der Waals surface area contributed by atoms with Gasteiger partial charge in [-0.3, -0.25) is 9.59 Å². The van der Waals surface area contributed by atoms with Gasteiger partial charge in [0.15, 0.2) is 0 Å². The first-order chi connectivity index (χ1) is 30.0. The molecule has 0 saturated carbocycles. The lowest BCUT2D eigenvalue weighted by atomic mass is 9.92. The maximum atomic E-state index is 12.5. The quantitative estimate of drug-likeness (QED) is 0.0448. The minimum Gasteiger partial charge on any atom is -0.466 e. The van der Waals surface area contributed by atoms with Gasteiger partial charge in [0.05, 0.1) is 19.3 Å². The lowest BCUT2D eigenvalue weighted by molar-refractivity contribution is -0.146. The molecule has 0 atom stereocenters. The molecule has 0 radical (unpaired) electrons. The molecule has 1 rings (SSSR count). The molecule has 1 fully saturated rings. The molecule has 61 heavy (non-hydrogen) atoms. The summed E-state index contributed by atoms with van der Waals surface area (Å²) in [5, 5.41) is 0. The zero-order valence-electron chi connectivity index (χ0n) is 41.7. The molecule has 1 heterocycles. The standard InChI is InChI=1S/C55H107NO5/c1-5-9-25-37-51(38-26-10-6-2)49-54(57)60-47-34-23-19-15-13-17-21-29-41-53(59-46-36-33-45-56-43-31-32-44-56)42-30-22-18-14-16-20-24-35-48-61-55(58)50-52(39-27-11-7-3)40-28-12-8-4/h51-53H,5-50H2,1-4H3. The summed E-state index contributed by atoms with van der Waals surface area (Å²) < 4.78 is 17.9. The van der Waals surface area contributed by atoms with Gasteiger partial charge < -0.3 is 19.1 Å². The van der Waals surface area contributed by atoms with Gasteiger partial charge in [0.25, 0.3) is 0 Å². The number of hydrogen-bond donors (Lipinski definition) is 0. The minimum absolute atomic E-state index is 0.0375. The van der Waals surface area contributed by atoms with Crippen molar-refractivity contribution in [2.75, 3.05) is 39.5 Å². The van der Waals surface area contributed by atoms with Crippen molar-refractivity contribution in [2.45, 2.75) is 291 Å². The molecule has 0 unspecified atom stereocenters. The number of rotatable bonds is 48. The molecule has 1 aliphatic rings. The Labute approximate surface area is 381 Å². The van der Waals surface area contributed by atoms with Gasteiger partial charge in [-0.1, -0.05) is 195 Å². The van der Waals surface area contributed by atoms with E-state index in [9.17, 15) is 9.59 Å². The van der Waals surface area contributed by atoms with Crippen LogP contribution in [0.4, 0.5) is 0 Å². The van der Waals surface area contributed by atoms with E-state index in [1.807, 2.05) is 0 Å². The van der Waals surface area contributed by atoms with Gasteiger partial charge in [-0.25, -0.2) is 0 Å². The summed E-state index contributed by atoms with van der Waals surface area (Å²) in [4.78, 5) is 27.7. The predicted octanol–water partition coefficient (Wildman–Crippen LogP) is 16.7. The Morgan fingerprint density at radius 1 is 0.393 bits per heavy atom. The normalized spacial score (nSPS) is 13.4. The number of nitrogens with zero attached hydrogens (tertiary/aromatic N) is 1. The van der Waals surface area contributed by atoms with E-state index in [1.165, 1.54) is 251 Å². The Morgan fingerprint density at radius 2 is 0.721 bits per heavy atom. The van der Waals surface area contributed by atoms with Crippen LogP contribution in [0.25, 0.3) is 0 Å². The van der Waals surface area contributed by atoms with Gasteiger partial charge in [-0.05, 0) is 109 Å². The second-order valence-electron chi connectivity index (χ2n) is 19.5. The highest BCUT2D eigenvalue weighted by molar-refractivity contribution is 5.70. The summed E-state index contributed by atoms with van der Waals surface area (Å²) in [5.74, 6) is 1.11. The van der Waals surface area contributed by atoms with Gasteiger partial charge >= 0.3 is 11.9 Å². The van der Waals surface area contributed by atoms with Crippen molar-refractivity contribution in [1.29, 1.82) is 0 Å². The molecule has 362 valence electrons. The molecule has 0 aromatic rings. The smallest absolute Gasteiger partial charge is 0.306 e. The Balaban J connectivity index is 2.17. The van der Waals surface area contributed by atoms with Crippen LogP contribution < -0.4 is 0 Å². The van der Waals surface area contributed by atoms with E-state index < -0.39 is 0 Å². The number of unbranched alkanes of at least 4 members (excludes halogenated alkanes) is 23. The third kappa shape index (κ3) is 39.0. The molecule has 1 aliphatic heterocycles. The van der Waals surface area contributed by atoms with E-state index in [-0.39, 0.29) is 11.9 Å². The first-order valence-electron chi connectivity index (χ1n) is 27.7. The minimum atomic E-state index is 0.0375. The third-order valence-electron chi connectivity index (χ3n) is 13.6. The number of hydrogen-bond acceptors (Lipinski definition) is 6. The zero-order valence-corrected chi connectivity index (χ0v) is 41.7. The van der Waals surface area contributed by atoms with Crippen LogP contribution in [0.2, 0.25) is 0 Å². The summed E-state index contributed by atoms with van der Waals surface area (Å²) in [7, 11) is 0. The van der Waals surface area contributed by atoms with Crippen LogP contribution >= 0.6 is 0 Å². The van der Waals surface area contributed by atoms with Crippen LogP contribution in [-0.4, -0.2) is 62.4 Å². The molecular formula is C55H107NO5. The summed E-state index contributed by atoms with van der Waals surface area (Å²) in [6.07, 6.45) is 49.2. The molecule has 0 aromatic heterocycles. The maximum absolute atomic E-state index is 12.5. The Morgan fingerprint density at radius 3 is 1.10 bits per heavy atom. The number of carbonyl (C=O) groups is 2. The zero-order chi connectivity index (χ0) is 44.1. The Bertz CT molecular complexity index is 842. The van der Waals surface area contributed by atoms with Gasteiger partial charge in [0.2, 0.25) is 0 Å². The lowest BCUT2D eigenvalue weighted by Gasteiger charge is -2.19. The third-order valence-corrected chi connectivity index (χ3v) is 13.6. The monoisotopic (exact) mass is 862 g/mol. The summed E-state index contributed by atoms with van der Waals surface area (Å²) in [6.45, 7) is 15.0. The van der Waals surface area contributed by atoms with Crippen LogP contribution in [0, 0.1) is 11.8 Å². The van der Waals surface area contributed by atoms with Crippen molar-refractivity contribution in [3.63, 3.8) is 0 Å². The van der Waals surface area contributed by atoms with Crippen molar-refractivity contribution in [1.82, 2.24) is 4.90 Å². The van der Waals surface area contributed by atoms with Crippen LogP contribution in [-0.2, 0) is 23.8 Å². The molecular weight excluding hydrogens is 755 g/mol. The van der Waals surface area contributed by atoms with Crippen molar-refractivity contribution < 1.29 is 23.8 Å². The average Bonchev–Trinajstić information content (AvgIpc) is 3.78. The van der Waals surface area contributed by atoms with Crippen molar-refractivity contribution in [3.05, 3.63) is 0 Å². The number of carbonyl (C=O) groups excluding carboxylic acids is 2. The Kier molecular flexibility index (Phi) is 43.1.